The van der Waals surface area contributed by atoms with Gasteiger partial charge in [-0.05, 0) is 55.2 Å². The Balaban J connectivity index is 1.33. The van der Waals surface area contributed by atoms with E-state index in [9.17, 15) is 9.59 Å². The first-order valence-corrected chi connectivity index (χ1v) is 10.9. The Morgan fingerprint density at radius 1 is 1.00 bits per heavy atom. The van der Waals surface area contributed by atoms with Gasteiger partial charge in [-0.1, -0.05) is 6.07 Å². The van der Waals surface area contributed by atoms with Gasteiger partial charge in [-0.25, -0.2) is 4.98 Å². The first-order chi connectivity index (χ1) is 15.2. The molecule has 3 aliphatic heterocycles. The Kier molecular flexibility index (Phi) is 4.23. The fourth-order valence-corrected chi connectivity index (χ4v) is 5.01. The summed E-state index contributed by atoms with van der Waals surface area (Å²) in [6.45, 7) is 2.53. The Bertz CT molecular complexity index is 1270. The van der Waals surface area contributed by atoms with Crippen molar-refractivity contribution in [3.8, 4) is 11.5 Å². The molecule has 1 fully saturated rings. The van der Waals surface area contributed by atoms with E-state index >= 15 is 0 Å². The fourth-order valence-electron chi connectivity index (χ4n) is 5.01. The average molecular weight is 417 g/mol. The number of nitrogens with zero attached hydrogens (tertiary/aromatic N) is 3. The quantitative estimate of drug-likeness (QED) is 0.641. The highest BCUT2D eigenvalue weighted by atomic mass is 16.6. The first kappa shape index (κ1) is 18.4. The fraction of sp³-hybridized carbons (Fsp3) is 0.375. The number of amides is 1. The number of hydrogen-bond donors (Lipinski definition) is 0. The van der Waals surface area contributed by atoms with Crippen molar-refractivity contribution in [2.45, 2.75) is 38.3 Å². The standard InChI is InChI=1S/C24H23N3O4/c28-23(16-5-7-17-18(13-16)25-22-4-2-10-27(22)24(17)29)26-9-1-3-19(26)15-6-8-20-21(14-15)31-12-11-30-20/h5-8,13-14,19H,1-4,9-12H2/t19-/m1/s1. The molecule has 0 spiro atoms. The lowest BCUT2D eigenvalue weighted by molar-refractivity contribution is 0.0735. The van der Waals surface area contributed by atoms with Crippen LogP contribution < -0.4 is 15.0 Å². The number of aromatic nitrogens is 2. The minimum absolute atomic E-state index is 0.00220. The van der Waals surface area contributed by atoms with Crippen molar-refractivity contribution < 1.29 is 14.3 Å². The van der Waals surface area contributed by atoms with Gasteiger partial charge in [0.25, 0.3) is 11.5 Å². The van der Waals surface area contributed by atoms with Gasteiger partial charge in [-0.2, -0.15) is 0 Å². The van der Waals surface area contributed by atoms with Crippen LogP contribution in [0.3, 0.4) is 0 Å². The summed E-state index contributed by atoms with van der Waals surface area (Å²) < 4.78 is 13.1. The SMILES string of the molecule is O=C(c1ccc2c(=O)n3c(nc2c1)CCC3)N1CCC[C@@H]1c1ccc2c(c1)OCCO2. The second kappa shape index (κ2) is 7.11. The Morgan fingerprint density at radius 3 is 2.77 bits per heavy atom. The number of carbonyl (C=O) groups is 1. The molecule has 0 N–H and O–H groups in total. The van der Waals surface area contributed by atoms with E-state index in [4.69, 9.17) is 9.47 Å². The molecule has 158 valence electrons. The zero-order valence-corrected chi connectivity index (χ0v) is 17.2. The van der Waals surface area contributed by atoms with Crippen molar-refractivity contribution >= 4 is 16.8 Å². The smallest absolute Gasteiger partial charge is 0.261 e. The molecule has 0 bridgehead atoms. The van der Waals surface area contributed by atoms with Gasteiger partial charge in [-0.15, -0.1) is 0 Å². The second-order valence-electron chi connectivity index (χ2n) is 8.38. The van der Waals surface area contributed by atoms with E-state index in [0.717, 1.165) is 55.1 Å². The highest BCUT2D eigenvalue weighted by Crippen LogP contribution is 2.38. The molecule has 0 saturated carbocycles. The monoisotopic (exact) mass is 417 g/mol. The van der Waals surface area contributed by atoms with Gasteiger partial charge in [-0.3, -0.25) is 14.2 Å². The summed E-state index contributed by atoms with van der Waals surface area (Å²) in [5.74, 6) is 2.29. The maximum absolute atomic E-state index is 13.4. The minimum atomic E-state index is -0.0262. The number of hydrogen-bond acceptors (Lipinski definition) is 5. The predicted molar refractivity (Wildman–Crippen MR) is 115 cm³/mol. The van der Waals surface area contributed by atoms with Crippen LogP contribution in [0.4, 0.5) is 0 Å². The molecule has 1 aromatic heterocycles. The molecular weight excluding hydrogens is 394 g/mol. The zero-order valence-electron chi connectivity index (χ0n) is 17.2. The molecule has 31 heavy (non-hydrogen) atoms. The minimum Gasteiger partial charge on any atom is -0.486 e. The van der Waals surface area contributed by atoms with Crippen molar-refractivity contribution in [2.24, 2.45) is 0 Å². The molecule has 6 rings (SSSR count). The van der Waals surface area contributed by atoms with Crippen LogP contribution in [0.1, 0.15) is 47.1 Å². The number of fused-ring (bicyclic) bond motifs is 3. The number of rotatable bonds is 2. The topological polar surface area (TPSA) is 73.7 Å². The van der Waals surface area contributed by atoms with Gasteiger partial charge in [0, 0.05) is 25.1 Å². The summed E-state index contributed by atoms with van der Waals surface area (Å²) >= 11 is 0. The van der Waals surface area contributed by atoms with E-state index in [1.165, 1.54) is 0 Å². The van der Waals surface area contributed by atoms with Gasteiger partial charge in [0.1, 0.15) is 19.0 Å². The highest BCUT2D eigenvalue weighted by molar-refractivity contribution is 5.98. The molecule has 7 heteroatoms. The molecule has 0 unspecified atom stereocenters. The van der Waals surface area contributed by atoms with Crippen LogP contribution in [0.2, 0.25) is 0 Å². The van der Waals surface area contributed by atoms with Crippen molar-refractivity contribution in [1.82, 2.24) is 14.5 Å². The molecule has 1 amide bonds. The highest BCUT2D eigenvalue weighted by Gasteiger charge is 2.32. The molecule has 2 aromatic carbocycles. The van der Waals surface area contributed by atoms with Crippen molar-refractivity contribution in [3.05, 3.63) is 63.7 Å². The van der Waals surface area contributed by atoms with Crippen LogP contribution in [0.5, 0.6) is 11.5 Å². The van der Waals surface area contributed by atoms with Gasteiger partial charge in [0.05, 0.1) is 16.9 Å². The van der Waals surface area contributed by atoms with Crippen LogP contribution in [0.15, 0.2) is 41.2 Å². The molecule has 3 aromatic rings. The molecule has 1 saturated heterocycles. The van der Waals surface area contributed by atoms with Crippen LogP contribution in [0, 0.1) is 0 Å². The third-order valence-electron chi connectivity index (χ3n) is 6.53. The molecule has 0 radical (unpaired) electrons. The molecule has 1 atom stereocenters. The largest absolute Gasteiger partial charge is 0.486 e. The van der Waals surface area contributed by atoms with Gasteiger partial charge in [0.2, 0.25) is 0 Å². The summed E-state index contributed by atoms with van der Waals surface area (Å²) in [6, 6.07) is 11.2. The van der Waals surface area contributed by atoms with Gasteiger partial charge < -0.3 is 14.4 Å². The summed E-state index contributed by atoms with van der Waals surface area (Å²) in [4.78, 5) is 32.8. The lowest BCUT2D eigenvalue weighted by atomic mass is 10.0. The number of likely N-dealkylation sites (tertiary alicyclic amines) is 1. The summed E-state index contributed by atoms with van der Waals surface area (Å²) in [5, 5.41) is 0.576. The normalized spacial score (nSPS) is 19.6. The molecule has 7 nitrogen and oxygen atoms in total. The lowest BCUT2D eigenvalue weighted by Crippen LogP contribution is -2.31. The van der Waals surface area contributed by atoms with E-state index in [0.29, 0.717) is 36.2 Å². The average Bonchev–Trinajstić information content (AvgIpc) is 3.48. The molecular formula is C24H23N3O4. The van der Waals surface area contributed by atoms with E-state index in [1.807, 2.05) is 23.1 Å². The third-order valence-corrected chi connectivity index (χ3v) is 6.53. The second-order valence-corrected chi connectivity index (χ2v) is 8.38. The van der Waals surface area contributed by atoms with Crippen LogP contribution in [-0.2, 0) is 13.0 Å². The van der Waals surface area contributed by atoms with E-state index in [-0.39, 0.29) is 17.5 Å². The van der Waals surface area contributed by atoms with Crippen LogP contribution in [-0.4, -0.2) is 40.1 Å². The summed E-state index contributed by atoms with van der Waals surface area (Å²) in [6.07, 6.45) is 3.61. The van der Waals surface area contributed by atoms with Gasteiger partial charge in [0.15, 0.2) is 11.5 Å². The zero-order chi connectivity index (χ0) is 20.9. The molecule has 3 aliphatic rings. The Morgan fingerprint density at radius 2 is 1.87 bits per heavy atom. The van der Waals surface area contributed by atoms with Crippen molar-refractivity contribution in [1.29, 1.82) is 0 Å². The van der Waals surface area contributed by atoms with E-state index in [2.05, 4.69) is 4.98 Å². The maximum Gasteiger partial charge on any atom is 0.261 e. The summed E-state index contributed by atoms with van der Waals surface area (Å²) in [7, 11) is 0. The molecule has 4 heterocycles. The van der Waals surface area contributed by atoms with Crippen molar-refractivity contribution in [3.63, 3.8) is 0 Å². The van der Waals surface area contributed by atoms with E-state index < -0.39 is 0 Å². The third kappa shape index (κ3) is 2.99. The van der Waals surface area contributed by atoms with Crippen LogP contribution >= 0.6 is 0 Å². The Labute approximate surface area is 179 Å². The molecule has 0 aliphatic carbocycles. The predicted octanol–water partition coefficient (Wildman–Crippen LogP) is 3.09. The number of benzene rings is 2. The summed E-state index contributed by atoms with van der Waals surface area (Å²) in [5.41, 5.74) is 2.24. The van der Waals surface area contributed by atoms with E-state index in [1.54, 1.807) is 22.8 Å². The lowest BCUT2D eigenvalue weighted by Gasteiger charge is -2.27. The maximum atomic E-state index is 13.4. The number of carbonyl (C=O) groups excluding carboxylic acids is 1. The first-order valence-electron chi connectivity index (χ1n) is 10.9. The number of aryl methyl sites for hydroxylation is 1. The van der Waals surface area contributed by atoms with Crippen molar-refractivity contribution in [2.75, 3.05) is 19.8 Å². The van der Waals surface area contributed by atoms with Crippen LogP contribution in [0.25, 0.3) is 10.9 Å². The number of ether oxygens (including phenoxy) is 2. The van der Waals surface area contributed by atoms with Gasteiger partial charge >= 0.3 is 0 Å². The Hall–Kier alpha value is -3.35.